The van der Waals surface area contributed by atoms with Crippen LogP contribution in [0.4, 0.5) is 5.82 Å². The van der Waals surface area contributed by atoms with Crippen molar-refractivity contribution in [3.63, 3.8) is 0 Å². The van der Waals surface area contributed by atoms with Gasteiger partial charge in [-0.05, 0) is 31.0 Å². The Kier molecular flexibility index (Phi) is 2.14. The van der Waals surface area contributed by atoms with Crippen LogP contribution >= 0.6 is 11.6 Å². The summed E-state index contributed by atoms with van der Waals surface area (Å²) in [5.74, 6) is 1.41. The lowest BCUT2D eigenvalue weighted by Gasteiger charge is -2.06. The molecule has 2 aromatic heterocycles. The van der Waals surface area contributed by atoms with Crippen LogP contribution in [0.5, 0.6) is 0 Å². The van der Waals surface area contributed by atoms with Crippen LogP contribution < -0.4 is 5.73 Å². The molecule has 4 rings (SSSR count). The molecule has 1 aliphatic rings. The van der Waals surface area contributed by atoms with E-state index in [0.29, 0.717) is 16.9 Å². The summed E-state index contributed by atoms with van der Waals surface area (Å²) < 4.78 is 2.24. The van der Waals surface area contributed by atoms with E-state index in [1.807, 2.05) is 18.2 Å². The Morgan fingerprint density at radius 2 is 2.21 bits per heavy atom. The quantitative estimate of drug-likeness (QED) is 0.754. The Bertz CT molecular complexity index is 769. The van der Waals surface area contributed by atoms with Gasteiger partial charge >= 0.3 is 0 Å². The van der Waals surface area contributed by atoms with Gasteiger partial charge in [-0.25, -0.2) is 4.98 Å². The minimum Gasteiger partial charge on any atom is -0.383 e. The lowest BCUT2D eigenvalue weighted by atomic mass is 10.3. The van der Waals surface area contributed by atoms with Crippen LogP contribution in [-0.2, 0) is 0 Å². The van der Waals surface area contributed by atoms with E-state index in [2.05, 4.69) is 19.7 Å². The lowest BCUT2D eigenvalue weighted by molar-refractivity contribution is 0.775. The molecule has 96 valence electrons. The molecule has 0 atom stereocenters. The topological polar surface area (TPSA) is 72.5 Å². The van der Waals surface area contributed by atoms with E-state index in [1.54, 1.807) is 6.20 Å². The molecule has 0 amide bonds. The molecule has 0 spiro atoms. The highest BCUT2D eigenvalue weighted by atomic mass is 35.5. The van der Waals surface area contributed by atoms with Crippen molar-refractivity contribution in [1.82, 2.24) is 19.7 Å². The average molecular weight is 274 g/mol. The number of halogens is 1. The molecule has 3 N–H and O–H groups in total. The molecule has 5 nitrogen and oxygen atoms in total. The lowest BCUT2D eigenvalue weighted by Crippen LogP contribution is -1.98. The number of hydrogen-bond acceptors (Lipinski definition) is 3. The first-order valence-electron chi connectivity index (χ1n) is 6.21. The van der Waals surface area contributed by atoms with Crippen molar-refractivity contribution in [2.75, 3.05) is 5.73 Å². The molecule has 1 aromatic carbocycles. The van der Waals surface area contributed by atoms with Gasteiger partial charge in [-0.1, -0.05) is 11.6 Å². The number of nitrogens with two attached hydrogens (primary N) is 1. The van der Waals surface area contributed by atoms with Gasteiger partial charge in [0.1, 0.15) is 11.6 Å². The standard InChI is InChI=1S/C13H12ClN5/c14-7-1-4-11-10(5-7)17-13(19(11)8-2-3-8)9-6-16-18-12(9)15/h1,4-6,8H,2-3H2,(H3,15,16,18). The van der Waals surface area contributed by atoms with Crippen LogP contribution in [0.3, 0.4) is 0 Å². The van der Waals surface area contributed by atoms with Crippen molar-refractivity contribution < 1.29 is 0 Å². The molecule has 3 aromatic rings. The molecule has 19 heavy (non-hydrogen) atoms. The number of fused-ring (bicyclic) bond motifs is 1. The normalized spacial score (nSPS) is 15.2. The second-order valence-corrected chi connectivity index (χ2v) is 5.30. The van der Waals surface area contributed by atoms with Crippen molar-refractivity contribution in [2.45, 2.75) is 18.9 Å². The number of rotatable bonds is 2. The molecule has 6 heteroatoms. The fourth-order valence-electron chi connectivity index (χ4n) is 2.44. The summed E-state index contributed by atoms with van der Waals surface area (Å²) in [6.45, 7) is 0. The van der Waals surface area contributed by atoms with Gasteiger partial charge in [0.15, 0.2) is 0 Å². The SMILES string of the molecule is Nc1[nH]ncc1-c1nc2cc(Cl)ccc2n1C1CC1. The molecule has 0 unspecified atom stereocenters. The predicted molar refractivity (Wildman–Crippen MR) is 75.0 cm³/mol. The van der Waals surface area contributed by atoms with Crippen LogP contribution in [0.2, 0.25) is 5.02 Å². The summed E-state index contributed by atoms with van der Waals surface area (Å²) in [6.07, 6.45) is 4.08. The zero-order chi connectivity index (χ0) is 13.0. The van der Waals surface area contributed by atoms with E-state index in [9.17, 15) is 0 Å². The Morgan fingerprint density at radius 1 is 1.37 bits per heavy atom. The van der Waals surface area contributed by atoms with Gasteiger partial charge in [-0.2, -0.15) is 5.10 Å². The van der Waals surface area contributed by atoms with Gasteiger partial charge < -0.3 is 10.3 Å². The summed E-state index contributed by atoms with van der Waals surface area (Å²) in [6, 6.07) is 6.31. The van der Waals surface area contributed by atoms with Gasteiger partial charge in [-0.15, -0.1) is 0 Å². The van der Waals surface area contributed by atoms with E-state index in [0.717, 1.165) is 22.4 Å². The minimum atomic E-state index is 0.510. The number of aromatic amines is 1. The maximum Gasteiger partial charge on any atom is 0.146 e. The first kappa shape index (κ1) is 10.9. The van der Waals surface area contributed by atoms with E-state index < -0.39 is 0 Å². The molecule has 2 heterocycles. The van der Waals surface area contributed by atoms with Crippen LogP contribution in [0.25, 0.3) is 22.4 Å². The number of nitrogens with zero attached hydrogens (tertiary/aromatic N) is 3. The summed E-state index contributed by atoms with van der Waals surface area (Å²) in [5.41, 5.74) is 8.76. The number of benzene rings is 1. The molecule has 0 bridgehead atoms. The predicted octanol–water partition coefficient (Wildman–Crippen LogP) is 3.00. The summed E-state index contributed by atoms with van der Waals surface area (Å²) in [5, 5.41) is 7.43. The fraction of sp³-hybridized carbons (Fsp3) is 0.231. The monoisotopic (exact) mass is 273 g/mol. The van der Waals surface area contributed by atoms with Crippen molar-refractivity contribution >= 4 is 28.5 Å². The van der Waals surface area contributed by atoms with Gasteiger partial charge in [0, 0.05) is 11.1 Å². The van der Waals surface area contributed by atoms with Crippen LogP contribution in [0, 0.1) is 0 Å². The largest absolute Gasteiger partial charge is 0.383 e. The fourth-order valence-corrected chi connectivity index (χ4v) is 2.60. The van der Waals surface area contributed by atoms with Crippen molar-refractivity contribution in [3.05, 3.63) is 29.4 Å². The van der Waals surface area contributed by atoms with E-state index >= 15 is 0 Å². The minimum absolute atomic E-state index is 0.510. The summed E-state index contributed by atoms with van der Waals surface area (Å²) in [7, 11) is 0. The Hall–Kier alpha value is -2.01. The summed E-state index contributed by atoms with van der Waals surface area (Å²) in [4.78, 5) is 4.68. The Balaban J connectivity index is 2.04. The Labute approximate surface area is 114 Å². The molecular formula is C13H12ClN5. The van der Waals surface area contributed by atoms with Gasteiger partial charge in [-0.3, -0.25) is 5.10 Å². The van der Waals surface area contributed by atoms with Crippen molar-refractivity contribution in [2.24, 2.45) is 0 Å². The van der Waals surface area contributed by atoms with E-state index in [1.165, 1.54) is 12.8 Å². The molecular weight excluding hydrogens is 262 g/mol. The van der Waals surface area contributed by atoms with Gasteiger partial charge in [0.05, 0.1) is 22.8 Å². The summed E-state index contributed by atoms with van der Waals surface area (Å²) >= 11 is 6.04. The molecule has 0 aliphatic heterocycles. The highest BCUT2D eigenvalue weighted by Gasteiger charge is 2.29. The smallest absolute Gasteiger partial charge is 0.146 e. The number of anilines is 1. The van der Waals surface area contributed by atoms with E-state index in [4.69, 9.17) is 17.3 Å². The Morgan fingerprint density at radius 3 is 2.89 bits per heavy atom. The number of H-pyrrole nitrogens is 1. The van der Waals surface area contributed by atoms with Gasteiger partial charge in [0.25, 0.3) is 0 Å². The van der Waals surface area contributed by atoms with Crippen LogP contribution in [-0.4, -0.2) is 19.7 Å². The number of nitrogens with one attached hydrogen (secondary N) is 1. The first-order chi connectivity index (χ1) is 9.24. The molecule has 1 fully saturated rings. The highest BCUT2D eigenvalue weighted by Crippen LogP contribution is 2.42. The molecule has 0 saturated heterocycles. The second-order valence-electron chi connectivity index (χ2n) is 4.87. The number of nitrogen functional groups attached to an aromatic ring is 1. The zero-order valence-electron chi connectivity index (χ0n) is 10.1. The average Bonchev–Trinajstić information content (AvgIpc) is 3.03. The first-order valence-corrected chi connectivity index (χ1v) is 6.58. The number of aromatic nitrogens is 4. The number of imidazole rings is 1. The third kappa shape index (κ3) is 1.62. The van der Waals surface area contributed by atoms with Crippen molar-refractivity contribution in [3.8, 4) is 11.4 Å². The van der Waals surface area contributed by atoms with Crippen LogP contribution in [0.15, 0.2) is 24.4 Å². The van der Waals surface area contributed by atoms with Crippen molar-refractivity contribution in [1.29, 1.82) is 0 Å². The second kappa shape index (κ2) is 3.74. The molecule has 1 aliphatic carbocycles. The van der Waals surface area contributed by atoms with E-state index in [-0.39, 0.29) is 0 Å². The zero-order valence-corrected chi connectivity index (χ0v) is 10.9. The third-order valence-electron chi connectivity index (χ3n) is 3.47. The van der Waals surface area contributed by atoms with Crippen LogP contribution in [0.1, 0.15) is 18.9 Å². The third-order valence-corrected chi connectivity index (χ3v) is 3.71. The molecule has 0 radical (unpaired) electrons. The highest BCUT2D eigenvalue weighted by molar-refractivity contribution is 6.31. The van der Waals surface area contributed by atoms with Gasteiger partial charge in [0.2, 0.25) is 0 Å². The molecule has 1 saturated carbocycles. The maximum atomic E-state index is 6.04. The maximum absolute atomic E-state index is 6.04. The number of hydrogen-bond donors (Lipinski definition) is 2.